The van der Waals surface area contributed by atoms with Gasteiger partial charge in [0.25, 0.3) is 0 Å². The molecule has 2 aliphatic rings. The maximum atomic E-state index is 4.17. The van der Waals surface area contributed by atoms with Gasteiger partial charge in [0.1, 0.15) is 0 Å². The number of nitrogens with one attached hydrogen (secondary N) is 1. The Morgan fingerprint density at radius 2 is 2.24 bits per heavy atom. The van der Waals surface area contributed by atoms with Gasteiger partial charge in [0.2, 0.25) is 0 Å². The lowest BCUT2D eigenvalue weighted by molar-refractivity contribution is 0.0952. The Kier molecular flexibility index (Phi) is 3.45. The molecule has 1 aliphatic heterocycles. The molecule has 1 saturated heterocycles. The van der Waals surface area contributed by atoms with Crippen LogP contribution in [0.3, 0.4) is 0 Å². The first-order valence-electron chi connectivity index (χ1n) is 6.71. The van der Waals surface area contributed by atoms with Gasteiger partial charge in [-0.05, 0) is 12.8 Å². The highest BCUT2D eigenvalue weighted by molar-refractivity contribution is 7.09. The summed E-state index contributed by atoms with van der Waals surface area (Å²) in [6.45, 7) is 4.65. The monoisotopic (exact) mass is 251 g/mol. The second-order valence-electron chi connectivity index (χ2n) is 5.45. The van der Waals surface area contributed by atoms with Gasteiger partial charge in [-0.3, -0.25) is 9.88 Å². The van der Waals surface area contributed by atoms with E-state index in [4.69, 9.17) is 0 Å². The van der Waals surface area contributed by atoms with Gasteiger partial charge in [0, 0.05) is 42.8 Å². The smallest absolute Gasteiger partial charge is 0.0794 e. The summed E-state index contributed by atoms with van der Waals surface area (Å²) >= 11 is 1.78. The van der Waals surface area contributed by atoms with Crippen LogP contribution in [0.25, 0.3) is 0 Å². The fraction of sp³-hybridized carbons (Fsp3) is 0.769. The van der Waals surface area contributed by atoms with E-state index in [-0.39, 0.29) is 0 Å². The molecule has 1 aromatic rings. The van der Waals surface area contributed by atoms with Crippen LogP contribution in [0.4, 0.5) is 0 Å². The van der Waals surface area contributed by atoms with Gasteiger partial charge < -0.3 is 5.32 Å². The van der Waals surface area contributed by atoms with Crippen LogP contribution in [0, 0.1) is 0 Å². The third kappa shape index (κ3) is 2.69. The molecule has 0 atom stereocenters. The van der Waals surface area contributed by atoms with Gasteiger partial charge in [0.15, 0.2) is 0 Å². The van der Waals surface area contributed by atoms with Crippen molar-refractivity contribution in [2.24, 2.45) is 0 Å². The summed E-state index contributed by atoms with van der Waals surface area (Å²) in [5.41, 5.74) is 2.37. The van der Waals surface area contributed by atoms with Crippen LogP contribution in [-0.4, -0.2) is 35.1 Å². The number of aromatic nitrogens is 1. The molecular formula is C13H21N3S. The highest BCUT2D eigenvalue weighted by Crippen LogP contribution is 2.31. The summed E-state index contributed by atoms with van der Waals surface area (Å²) in [6.07, 6.45) is 8.99. The molecule has 1 saturated carbocycles. The van der Waals surface area contributed by atoms with Crippen LogP contribution in [0.2, 0.25) is 0 Å². The summed E-state index contributed by atoms with van der Waals surface area (Å²) < 4.78 is 0. The van der Waals surface area contributed by atoms with E-state index in [1.807, 2.05) is 11.7 Å². The van der Waals surface area contributed by atoms with E-state index in [0.29, 0.717) is 5.54 Å². The molecule has 1 aromatic heterocycles. The van der Waals surface area contributed by atoms with Crippen LogP contribution >= 0.6 is 11.3 Å². The Hall–Kier alpha value is -0.450. The van der Waals surface area contributed by atoms with E-state index in [9.17, 15) is 0 Å². The Labute approximate surface area is 107 Å². The van der Waals surface area contributed by atoms with Gasteiger partial charge in [-0.15, -0.1) is 11.3 Å². The lowest BCUT2D eigenvalue weighted by Crippen LogP contribution is -2.60. The van der Waals surface area contributed by atoms with Crippen LogP contribution in [0.15, 0.2) is 11.7 Å². The van der Waals surface area contributed by atoms with Crippen molar-refractivity contribution in [1.82, 2.24) is 15.2 Å². The number of hydrogen-bond donors (Lipinski definition) is 1. The Morgan fingerprint density at radius 3 is 3.00 bits per heavy atom. The van der Waals surface area contributed by atoms with Crippen molar-refractivity contribution in [3.8, 4) is 0 Å². The molecular weight excluding hydrogens is 230 g/mol. The van der Waals surface area contributed by atoms with Crippen molar-refractivity contribution in [3.63, 3.8) is 0 Å². The van der Waals surface area contributed by atoms with E-state index in [1.165, 1.54) is 50.1 Å². The maximum absolute atomic E-state index is 4.17. The van der Waals surface area contributed by atoms with Gasteiger partial charge in [-0.1, -0.05) is 19.3 Å². The fourth-order valence-corrected chi connectivity index (χ4v) is 3.92. The second kappa shape index (κ2) is 5.04. The molecule has 2 fully saturated rings. The topological polar surface area (TPSA) is 28.2 Å². The number of hydrogen-bond acceptors (Lipinski definition) is 4. The lowest BCUT2D eigenvalue weighted by Gasteiger charge is -2.46. The number of nitrogens with zero attached hydrogens (tertiary/aromatic N) is 2. The zero-order valence-corrected chi connectivity index (χ0v) is 11.1. The van der Waals surface area contributed by atoms with Crippen molar-refractivity contribution in [2.75, 3.05) is 19.6 Å². The lowest BCUT2D eigenvalue weighted by atomic mass is 9.80. The Balaban J connectivity index is 1.62. The van der Waals surface area contributed by atoms with E-state index >= 15 is 0 Å². The van der Waals surface area contributed by atoms with Crippen molar-refractivity contribution < 1.29 is 0 Å². The average molecular weight is 251 g/mol. The maximum Gasteiger partial charge on any atom is 0.0794 e. The molecule has 0 unspecified atom stereocenters. The molecule has 3 nitrogen and oxygen atoms in total. The molecule has 2 heterocycles. The SMILES string of the molecule is c1ncc(CN2CCNC3(CCCCC3)C2)s1. The van der Waals surface area contributed by atoms with E-state index in [2.05, 4.69) is 15.2 Å². The highest BCUT2D eigenvalue weighted by Gasteiger charge is 2.35. The molecule has 0 radical (unpaired) electrons. The average Bonchev–Trinajstić information content (AvgIpc) is 2.83. The Bertz CT molecular complexity index is 338. The quantitative estimate of drug-likeness (QED) is 0.874. The number of thiazole rings is 1. The first-order chi connectivity index (χ1) is 8.36. The van der Waals surface area contributed by atoms with Crippen LogP contribution in [-0.2, 0) is 6.54 Å². The summed E-state index contributed by atoms with van der Waals surface area (Å²) in [4.78, 5) is 8.18. The third-order valence-electron chi connectivity index (χ3n) is 4.13. The van der Waals surface area contributed by atoms with Gasteiger partial charge >= 0.3 is 0 Å². The van der Waals surface area contributed by atoms with Crippen molar-refractivity contribution in [1.29, 1.82) is 0 Å². The van der Waals surface area contributed by atoms with E-state index in [1.54, 1.807) is 11.3 Å². The molecule has 94 valence electrons. The summed E-state index contributed by atoms with van der Waals surface area (Å²) in [5, 5.41) is 3.79. The first kappa shape index (κ1) is 11.6. The largest absolute Gasteiger partial charge is 0.309 e. The normalized spacial score (nSPS) is 25.2. The minimum atomic E-state index is 0.432. The van der Waals surface area contributed by atoms with Crippen LogP contribution < -0.4 is 5.32 Å². The molecule has 0 amide bonds. The third-order valence-corrected chi connectivity index (χ3v) is 4.89. The van der Waals surface area contributed by atoms with E-state index in [0.717, 1.165) is 13.1 Å². The number of piperazine rings is 1. The van der Waals surface area contributed by atoms with E-state index < -0.39 is 0 Å². The predicted molar refractivity (Wildman–Crippen MR) is 71.2 cm³/mol. The van der Waals surface area contributed by atoms with Gasteiger partial charge in [-0.2, -0.15) is 0 Å². The zero-order chi connectivity index (χ0) is 11.6. The predicted octanol–water partition coefficient (Wildman–Crippen LogP) is 2.25. The molecule has 1 aliphatic carbocycles. The second-order valence-corrected chi connectivity index (χ2v) is 6.42. The Morgan fingerprint density at radius 1 is 1.35 bits per heavy atom. The van der Waals surface area contributed by atoms with Gasteiger partial charge in [-0.25, -0.2) is 0 Å². The standard InChI is InChI=1S/C13H21N3S/c1-2-4-13(5-3-1)10-16(7-6-15-13)9-12-8-14-11-17-12/h8,11,15H,1-7,9-10H2. The fourth-order valence-electron chi connectivity index (χ4n) is 3.28. The summed E-state index contributed by atoms with van der Waals surface area (Å²) in [6, 6.07) is 0. The molecule has 3 rings (SSSR count). The highest BCUT2D eigenvalue weighted by atomic mass is 32.1. The summed E-state index contributed by atoms with van der Waals surface area (Å²) in [7, 11) is 0. The molecule has 1 N–H and O–H groups in total. The van der Waals surface area contributed by atoms with Crippen LogP contribution in [0.1, 0.15) is 37.0 Å². The molecule has 0 bridgehead atoms. The molecule has 0 aromatic carbocycles. The van der Waals surface area contributed by atoms with Crippen molar-refractivity contribution >= 4 is 11.3 Å². The summed E-state index contributed by atoms with van der Waals surface area (Å²) in [5.74, 6) is 0. The first-order valence-corrected chi connectivity index (χ1v) is 7.59. The minimum Gasteiger partial charge on any atom is -0.309 e. The number of rotatable bonds is 2. The van der Waals surface area contributed by atoms with Crippen LogP contribution in [0.5, 0.6) is 0 Å². The van der Waals surface area contributed by atoms with Crippen molar-refractivity contribution in [2.45, 2.75) is 44.2 Å². The minimum absolute atomic E-state index is 0.432. The molecule has 17 heavy (non-hydrogen) atoms. The molecule has 1 spiro atoms. The molecule has 4 heteroatoms. The zero-order valence-electron chi connectivity index (χ0n) is 10.3. The van der Waals surface area contributed by atoms with Crippen molar-refractivity contribution in [3.05, 3.63) is 16.6 Å². The van der Waals surface area contributed by atoms with Gasteiger partial charge in [0.05, 0.1) is 5.51 Å².